The standard InChI is InChI=1S/C10H15FN5O13P3.4Li/c11-4-6(17)3(1-26-31(22,23)29-32(24,25)28-30(19,20)21)27-9(4)16-2-13-5-7(16)14-10(12)15-8(5)18;;;;/h2-4,6,9,17H,1H2,(H,22,23)(H,24,25)(H2,19,20,21)(H3,12,14,15,18);;;;/q;4*+1/p-4/t3-,4-,6-,9-;;;;/m1..../s1. The molecule has 0 spiro atoms. The largest absolute Gasteiger partial charge is 1.00 e. The fourth-order valence-corrected chi connectivity index (χ4v) is 5.51. The van der Waals surface area contributed by atoms with Crippen molar-refractivity contribution in [3.63, 3.8) is 0 Å². The van der Waals surface area contributed by atoms with E-state index >= 15 is 0 Å². The number of phosphoric acid groups is 3. The van der Waals surface area contributed by atoms with E-state index in [1.165, 1.54) is 0 Å². The maximum Gasteiger partial charge on any atom is 1.00 e. The van der Waals surface area contributed by atoms with Crippen molar-refractivity contribution in [2.45, 2.75) is 24.6 Å². The second kappa shape index (κ2) is 14.4. The maximum absolute atomic E-state index is 14.6. The number of fused-ring (bicyclic) bond motifs is 1. The number of H-pyrrole nitrogens is 1. The fraction of sp³-hybridized carbons (Fsp3) is 0.500. The molecule has 1 saturated heterocycles. The van der Waals surface area contributed by atoms with Crippen LogP contribution in [0.25, 0.3) is 11.2 Å². The molecule has 2 unspecified atom stereocenters. The van der Waals surface area contributed by atoms with Gasteiger partial charge < -0.3 is 44.2 Å². The second-order valence-corrected chi connectivity index (χ2v) is 10.3. The molecule has 1 fully saturated rings. The number of halogens is 1. The van der Waals surface area contributed by atoms with Gasteiger partial charge in [-0.15, -0.1) is 0 Å². The van der Waals surface area contributed by atoms with Crippen molar-refractivity contribution in [2.75, 3.05) is 12.3 Å². The summed E-state index contributed by atoms with van der Waals surface area (Å²) in [5.41, 5.74) is 4.19. The molecule has 0 aliphatic carbocycles. The quantitative estimate of drug-likeness (QED) is 0.203. The molecule has 1 aliphatic heterocycles. The number of nitrogens with one attached hydrogen (secondary N) is 1. The van der Waals surface area contributed by atoms with Crippen LogP contribution in [0.4, 0.5) is 10.3 Å². The number of aliphatic hydroxyl groups is 1. The molecule has 4 N–H and O–H groups in total. The van der Waals surface area contributed by atoms with Gasteiger partial charge in [-0.2, -0.15) is 4.98 Å². The Morgan fingerprint density at radius 2 is 1.72 bits per heavy atom. The molecule has 18 nitrogen and oxygen atoms in total. The third-order valence-corrected chi connectivity index (χ3v) is 7.48. The third kappa shape index (κ3) is 9.77. The number of imidazole rings is 1. The van der Waals surface area contributed by atoms with Crippen LogP contribution in [0.5, 0.6) is 0 Å². The Morgan fingerprint density at radius 1 is 1.14 bits per heavy atom. The van der Waals surface area contributed by atoms with Crippen LogP contribution in [0.1, 0.15) is 6.23 Å². The van der Waals surface area contributed by atoms with Crippen LogP contribution >= 0.6 is 23.5 Å². The van der Waals surface area contributed by atoms with Crippen LogP contribution in [0.3, 0.4) is 0 Å². The van der Waals surface area contributed by atoms with Crippen molar-refractivity contribution < 1.29 is 136 Å². The zero-order valence-corrected chi connectivity index (χ0v) is 21.8. The Balaban J connectivity index is 0. The Kier molecular flexibility index (Phi) is 15.6. The summed E-state index contributed by atoms with van der Waals surface area (Å²) in [5.74, 6) is -0.340. The molecule has 3 rings (SSSR count). The minimum absolute atomic E-state index is 0. The molecule has 2 aromatic heterocycles. The van der Waals surface area contributed by atoms with Gasteiger partial charge in [-0.05, 0) is 0 Å². The molecule has 36 heavy (non-hydrogen) atoms. The number of nitrogens with two attached hydrogens (primary N) is 1. The summed E-state index contributed by atoms with van der Waals surface area (Å²) in [6.45, 7) is -1.21. The summed E-state index contributed by atoms with van der Waals surface area (Å²) >= 11 is 0. The molecule has 0 aromatic carbocycles. The smallest absolute Gasteiger partial charge is 0.790 e. The van der Waals surface area contributed by atoms with Gasteiger partial charge in [-0.25, -0.2) is 13.7 Å². The Morgan fingerprint density at radius 3 is 2.28 bits per heavy atom. The van der Waals surface area contributed by atoms with Crippen LogP contribution in [-0.2, 0) is 31.6 Å². The number of nitrogen functional groups attached to an aromatic ring is 1. The van der Waals surface area contributed by atoms with Gasteiger partial charge in [0.15, 0.2) is 23.6 Å². The van der Waals surface area contributed by atoms with E-state index in [0.717, 1.165) is 10.9 Å². The summed E-state index contributed by atoms with van der Waals surface area (Å²) in [6, 6.07) is 0. The minimum Gasteiger partial charge on any atom is -0.790 e. The van der Waals surface area contributed by atoms with Crippen LogP contribution < -0.4 is 106 Å². The predicted molar refractivity (Wildman–Crippen MR) is 88.3 cm³/mol. The summed E-state index contributed by atoms with van der Waals surface area (Å²) in [7, 11) is -18.3. The molecule has 180 valence electrons. The summed E-state index contributed by atoms with van der Waals surface area (Å²) in [4.78, 5) is 64.7. The Bertz CT molecular complexity index is 1230. The van der Waals surface area contributed by atoms with E-state index in [9.17, 15) is 47.6 Å². The van der Waals surface area contributed by atoms with Crippen molar-refractivity contribution in [3.8, 4) is 0 Å². The SMILES string of the molecule is Nc1nc2c(ncn2[C@@H]2O[C@H](COP(=O)([O-])OP(=O)([O-])OP(=O)([O-])[O-])[C@@H](O)[C@H]2F)c(=O)[nH]1.[Li+].[Li+].[Li+].[Li+]. The summed E-state index contributed by atoms with van der Waals surface area (Å²) in [6.07, 6.45) is -6.76. The first-order valence-electron chi connectivity index (χ1n) is 8.00. The molecule has 1 aliphatic rings. The molecule has 0 bridgehead atoms. The Hall–Kier alpha value is 0.800. The van der Waals surface area contributed by atoms with E-state index in [2.05, 4.69) is 28.1 Å². The van der Waals surface area contributed by atoms with Crippen molar-refractivity contribution in [3.05, 3.63) is 16.7 Å². The summed E-state index contributed by atoms with van der Waals surface area (Å²) in [5, 5.41) is 9.97. The predicted octanol–water partition coefficient (Wildman–Crippen LogP) is -15.9. The van der Waals surface area contributed by atoms with Gasteiger partial charge in [0.1, 0.15) is 12.2 Å². The number of rotatable bonds is 8. The van der Waals surface area contributed by atoms with Crippen LogP contribution in [-0.4, -0.2) is 49.6 Å². The first-order valence-corrected chi connectivity index (χ1v) is 12.4. The molecule has 0 amide bonds. The monoisotopic (exact) mass is 549 g/mol. The number of aliphatic hydroxyl groups excluding tert-OH is 1. The minimum atomic E-state index is -6.19. The number of phosphoric ester groups is 1. The van der Waals surface area contributed by atoms with Gasteiger partial charge >= 0.3 is 75.4 Å². The van der Waals surface area contributed by atoms with Gasteiger partial charge in [-0.3, -0.25) is 27.8 Å². The van der Waals surface area contributed by atoms with E-state index in [4.69, 9.17) is 10.5 Å². The molecule has 0 saturated carbocycles. The number of aromatic nitrogens is 4. The zero-order valence-electron chi connectivity index (χ0n) is 19.1. The first-order chi connectivity index (χ1) is 14.6. The Labute approximate surface area is 248 Å². The fourth-order valence-electron chi connectivity index (χ4n) is 2.64. The number of hydrogen-bond acceptors (Lipinski definition) is 16. The van der Waals surface area contributed by atoms with E-state index in [1.807, 2.05) is 0 Å². The molecule has 3 heterocycles. The molecule has 26 heteroatoms. The molecular formula is C10H11FLi4N5O13P3. The average Bonchev–Trinajstić information content (AvgIpc) is 3.12. The third-order valence-electron chi connectivity index (χ3n) is 3.82. The van der Waals surface area contributed by atoms with Crippen molar-refractivity contribution in [2.24, 2.45) is 0 Å². The topological polar surface area (TPSA) is 290 Å². The average molecular weight is 549 g/mol. The molecule has 2 aromatic rings. The maximum atomic E-state index is 14.6. The van der Waals surface area contributed by atoms with Crippen LogP contribution in [0, 0.1) is 0 Å². The number of ether oxygens (including phenoxy) is 1. The summed E-state index contributed by atoms with van der Waals surface area (Å²) < 4.78 is 64.1. The second-order valence-electron chi connectivity index (χ2n) is 6.08. The van der Waals surface area contributed by atoms with Gasteiger partial charge in [0.25, 0.3) is 21.2 Å². The molecule has 0 radical (unpaired) electrons. The van der Waals surface area contributed by atoms with Crippen molar-refractivity contribution >= 4 is 40.6 Å². The van der Waals surface area contributed by atoms with Gasteiger partial charge in [0.05, 0.1) is 20.8 Å². The molecule has 6 atom stereocenters. The van der Waals surface area contributed by atoms with Crippen LogP contribution in [0.2, 0.25) is 0 Å². The number of anilines is 1. The number of nitrogens with zero attached hydrogens (tertiary/aromatic N) is 3. The van der Waals surface area contributed by atoms with Crippen LogP contribution in [0.15, 0.2) is 11.1 Å². The zero-order chi connectivity index (χ0) is 24.1. The number of alkyl halides is 1. The molecular weight excluding hydrogens is 538 g/mol. The van der Waals surface area contributed by atoms with Crippen molar-refractivity contribution in [1.29, 1.82) is 0 Å². The number of hydrogen-bond donors (Lipinski definition) is 3. The van der Waals surface area contributed by atoms with Gasteiger partial charge in [0.2, 0.25) is 5.95 Å². The van der Waals surface area contributed by atoms with E-state index in [1.54, 1.807) is 0 Å². The number of aromatic amines is 1. The first kappa shape index (κ1) is 38.9. The van der Waals surface area contributed by atoms with E-state index < -0.39 is 60.2 Å². The van der Waals surface area contributed by atoms with Gasteiger partial charge in [0, 0.05) is 0 Å². The van der Waals surface area contributed by atoms with Gasteiger partial charge in [-0.1, -0.05) is 0 Å². The van der Waals surface area contributed by atoms with E-state index in [0.29, 0.717) is 0 Å². The van der Waals surface area contributed by atoms with Crippen molar-refractivity contribution in [1.82, 2.24) is 19.5 Å². The normalized spacial score (nSPS) is 24.8. The van der Waals surface area contributed by atoms with E-state index in [-0.39, 0.29) is 92.6 Å².